The summed E-state index contributed by atoms with van der Waals surface area (Å²) in [4.78, 5) is 27.7. The number of hydrogen-bond acceptors (Lipinski definition) is 4. The summed E-state index contributed by atoms with van der Waals surface area (Å²) in [5.74, 6) is -0.977. The average Bonchev–Trinajstić information content (AvgIpc) is 2.94. The van der Waals surface area contributed by atoms with E-state index in [9.17, 15) is 13.8 Å². The molecule has 0 spiro atoms. The molecule has 6 nitrogen and oxygen atoms in total. The van der Waals surface area contributed by atoms with Gasteiger partial charge in [-0.05, 0) is 59.6 Å². The monoisotopic (exact) mass is 406 g/mol. The lowest BCUT2D eigenvalue weighted by Gasteiger charge is -2.47. The molecule has 1 unspecified atom stereocenters. The van der Waals surface area contributed by atoms with E-state index in [0.717, 1.165) is 11.3 Å². The Hall–Kier alpha value is -1.73. The third-order valence-electron chi connectivity index (χ3n) is 5.39. The van der Waals surface area contributed by atoms with Crippen LogP contribution in [0.4, 0.5) is 5.69 Å². The zero-order valence-corrected chi connectivity index (χ0v) is 18.3. The van der Waals surface area contributed by atoms with Crippen molar-refractivity contribution < 1.29 is 18.5 Å². The normalized spacial score (nSPS) is 28.1. The quantitative estimate of drug-likeness (QED) is 0.780. The summed E-state index contributed by atoms with van der Waals surface area (Å²) in [5.41, 5.74) is 0.853. The van der Waals surface area contributed by atoms with Gasteiger partial charge in [0.1, 0.15) is 5.92 Å². The highest BCUT2D eigenvalue weighted by molar-refractivity contribution is 7.84. The van der Waals surface area contributed by atoms with E-state index in [1.807, 2.05) is 65.8 Å². The van der Waals surface area contributed by atoms with Gasteiger partial charge in [0, 0.05) is 12.1 Å². The Balaban J connectivity index is 2.08. The maximum absolute atomic E-state index is 13.1. The van der Waals surface area contributed by atoms with Gasteiger partial charge < -0.3 is 9.64 Å². The largest absolute Gasteiger partial charge is 0.462 e. The average molecular weight is 407 g/mol. The summed E-state index contributed by atoms with van der Waals surface area (Å²) >= 11 is 0. The second kappa shape index (κ2) is 7.26. The number of para-hydroxylation sites is 1. The van der Waals surface area contributed by atoms with Crippen molar-refractivity contribution in [2.45, 2.75) is 82.7 Å². The van der Waals surface area contributed by atoms with Crippen LogP contribution in [0.2, 0.25) is 0 Å². The second-order valence-corrected chi connectivity index (χ2v) is 11.1. The van der Waals surface area contributed by atoms with E-state index in [1.165, 1.54) is 0 Å². The van der Waals surface area contributed by atoms with Crippen LogP contribution in [0.5, 0.6) is 0 Å². The number of fused-ring (bicyclic) bond motifs is 3. The van der Waals surface area contributed by atoms with Crippen LogP contribution in [0.1, 0.15) is 65.9 Å². The van der Waals surface area contributed by atoms with Gasteiger partial charge >= 0.3 is 5.97 Å². The molecule has 1 aromatic rings. The highest BCUT2D eigenvalue weighted by atomic mass is 32.2. The number of nitrogens with zero attached hydrogens (tertiary/aromatic N) is 1. The molecule has 2 heterocycles. The summed E-state index contributed by atoms with van der Waals surface area (Å²) in [6.45, 7) is 11.3. The maximum Gasteiger partial charge on any atom is 0.315 e. The van der Waals surface area contributed by atoms with Gasteiger partial charge in [-0.15, -0.1) is 0 Å². The molecule has 0 aliphatic carbocycles. The molecule has 1 fully saturated rings. The Bertz CT molecular complexity index is 817. The molecule has 1 aromatic carbocycles. The van der Waals surface area contributed by atoms with Crippen molar-refractivity contribution >= 4 is 28.5 Å². The Morgan fingerprint density at radius 2 is 1.96 bits per heavy atom. The van der Waals surface area contributed by atoms with Gasteiger partial charge in [0.15, 0.2) is 0 Å². The first-order valence-corrected chi connectivity index (χ1v) is 10.9. The predicted octanol–water partition coefficient (Wildman–Crippen LogP) is 3.04. The fourth-order valence-electron chi connectivity index (χ4n) is 4.05. The van der Waals surface area contributed by atoms with Crippen molar-refractivity contribution in [1.82, 2.24) is 4.72 Å². The van der Waals surface area contributed by atoms with Crippen LogP contribution in [0.3, 0.4) is 0 Å². The summed E-state index contributed by atoms with van der Waals surface area (Å²) in [5, 5.41) is 0. The molecule has 1 amide bonds. The smallest absolute Gasteiger partial charge is 0.315 e. The number of hydrogen-bond donors (Lipinski definition) is 1. The first-order valence-electron chi connectivity index (χ1n) is 9.77. The zero-order chi connectivity index (χ0) is 20.9. The van der Waals surface area contributed by atoms with Crippen LogP contribution < -0.4 is 9.62 Å². The van der Waals surface area contributed by atoms with Gasteiger partial charge in [-0.2, -0.15) is 0 Å². The third kappa shape index (κ3) is 3.62. The minimum absolute atomic E-state index is 0.0156. The number of carbonyl (C=O) groups excluding carboxylic acids is 2. The second-order valence-electron chi connectivity index (χ2n) is 9.13. The van der Waals surface area contributed by atoms with Crippen molar-refractivity contribution in [1.29, 1.82) is 0 Å². The number of carbonyl (C=O) groups is 2. The molecule has 4 atom stereocenters. The number of esters is 1. The molecule has 2 aliphatic heterocycles. The molecule has 154 valence electrons. The van der Waals surface area contributed by atoms with E-state index >= 15 is 0 Å². The first-order chi connectivity index (χ1) is 13.0. The number of ether oxygens (including phenoxy) is 1. The topological polar surface area (TPSA) is 75.7 Å². The van der Waals surface area contributed by atoms with E-state index < -0.39 is 33.2 Å². The van der Waals surface area contributed by atoms with Gasteiger partial charge in [0.25, 0.3) is 0 Å². The molecule has 0 bridgehead atoms. The summed E-state index contributed by atoms with van der Waals surface area (Å²) < 4.78 is 21.3. The number of benzene rings is 1. The molecule has 0 aromatic heterocycles. The maximum atomic E-state index is 13.1. The van der Waals surface area contributed by atoms with Crippen LogP contribution in [0, 0.1) is 0 Å². The SMILES string of the molecule is CC(C)OC(=O)[C@H]1c2ccccc2N2C(=O)CC[C@@](C)(NS(=O)C(C)(C)C)[C@H]12. The minimum atomic E-state index is -1.34. The number of nitrogens with one attached hydrogen (secondary N) is 1. The van der Waals surface area contributed by atoms with E-state index in [0.29, 0.717) is 12.8 Å². The van der Waals surface area contributed by atoms with Gasteiger partial charge in [0.2, 0.25) is 5.91 Å². The predicted molar refractivity (Wildman–Crippen MR) is 110 cm³/mol. The van der Waals surface area contributed by atoms with Crippen molar-refractivity contribution in [2.24, 2.45) is 0 Å². The van der Waals surface area contributed by atoms with Crippen LogP contribution in [0.25, 0.3) is 0 Å². The van der Waals surface area contributed by atoms with E-state index in [-0.39, 0.29) is 18.0 Å². The number of amides is 1. The number of rotatable bonds is 4. The van der Waals surface area contributed by atoms with Crippen molar-refractivity contribution in [3.05, 3.63) is 29.8 Å². The molecule has 2 aliphatic rings. The van der Waals surface area contributed by atoms with Gasteiger partial charge in [0.05, 0.1) is 33.4 Å². The van der Waals surface area contributed by atoms with Crippen LogP contribution >= 0.6 is 0 Å². The standard InChI is InChI=1S/C21H30N2O4S/c1-13(2)27-19(25)17-14-9-7-8-10-15(14)23-16(24)11-12-21(6,18(17)23)22-28(26)20(3,4)5/h7-10,13,17-18,22H,11-12H2,1-6H3/t17-,18-,21+,28?/m0/s1. The Labute approximate surface area is 169 Å². The Morgan fingerprint density at radius 3 is 2.57 bits per heavy atom. The lowest BCUT2D eigenvalue weighted by atomic mass is 9.77. The molecular formula is C21H30N2O4S. The molecule has 1 N–H and O–H groups in total. The van der Waals surface area contributed by atoms with Gasteiger partial charge in [-0.3, -0.25) is 9.59 Å². The fourth-order valence-corrected chi connectivity index (χ4v) is 5.01. The Kier molecular flexibility index (Phi) is 5.44. The van der Waals surface area contributed by atoms with E-state index in [1.54, 1.807) is 4.90 Å². The third-order valence-corrected chi connectivity index (χ3v) is 7.16. The Morgan fingerprint density at radius 1 is 1.32 bits per heavy atom. The van der Waals surface area contributed by atoms with Crippen molar-refractivity contribution in [3.8, 4) is 0 Å². The summed E-state index contributed by atoms with van der Waals surface area (Å²) in [6.07, 6.45) is 0.589. The molecule has 0 radical (unpaired) electrons. The summed E-state index contributed by atoms with van der Waals surface area (Å²) in [6, 6.07) is 7.01. The number of piperidine rings is 1. The van der Waals surface area contributed by atoms with Crippen molar-refractivity contribution in [3.63, 3.8) is 0 Å². The molecule has 7 heteroatoms. The van der Waals surface area contributed by atoms with Crippen molar-refractivity contribution in [2.75, 3.05) is 4.90 Å². The molecule has 28 heavy (non-hydrogen) atoms. The van der Waals surface area contributed by atoms with Crippen LogP contribution in [0.15, 0.2) is 24.3 Å². The zero-order valence-electron chi connectivity index (χ0n) is 17.4. The van der Waals surface area contributed by atoms with E-state index in [2.05, 4.69) is 4.72 Å². The summed E-state index contributed by atoms with van der Waals surface area (Å²) in [7, 11) is -1.34. The van der Waals surface area contributed by atoms with E-state index in [4.69, 9.17) is 4.74 Å². The highest BCUT2D eigenvalue weighted by Gasteiger charge is 2.57. The van der Waals surface area contributed by atoms with Gasteiger partial charge in [-0.1, -0.05) is 18.2 Å². The molecule has 1 saturated heterocycles. The minimum Gasteiger partial charge on any atom is -0.462 e. The molecule has 0 saturated carbocycles. The number of anilines is 1. The lowest BCUT2D eigenvalue weighted by molar-refractivity contribution is -0.150. The lowest BCUT2D eigenvalue weighted by Crippen LogP contribution is -2.66. The first kappa shape index (κ1) is 21.0. The molecule has 3 rings (SSSR count). The van der Waals surface area contributed by atoms with Crippen LogP contribution in [-0.2, 0) is 25.3 Å². The fraction of sp³-hybridized carbons (Fsp3) is 0.619. The van der Waals surface area contributed by atoms with Crippen LogP contribution in [-0.4, -0.2) is 38.5 Å². The highest BCUT2D eigenvalue weighted by Crippen LogP contribution is 2.49. The molecular weight excluding hydrogens is 376 g/mol. The van der Waals surface area contributed by atoms with Gasteiger partial charge in [-0.25, -0.2) is 8.93 Å².